The van der Waals surface area contributed by atoms with Crippen LogP contribution in [0.3, 0.4) is 0 Å². The van der Waals surface area contributed by atoms with Gasteiger partial charge >= 0.3 is 5.97 Å². The van der Waals surface area contributed by atoms with E-state index in [1.165, 1.54) is 12.7 Å². The summed E-state index contributed by atoms with van der Waals surface area (Å²) in [6, 6.07) is 0. The average molecular weight is 268 g/mol. The van der Waals surface area contributed by atoms with E-state index in [1.807, 2.05) is 13.8 Å². The number of carbonyl (C=O) groups excluding carboxylic acids is 1. The molecule has 1 atom stereocenters. The van der Waals surface area contributed by atoms with E-state index in [4.69, 9.17) is 5.11 Å². The van der Waals surface area contributed by atoms with Gasteiger partial charge in [-0.25, -0.2) is 4.98 Å². The second-order valence-corrected chi connectivity index (χ2v) is 4.88. The van der Waals surface area contributed by atoms with Crippen LogP contribution in [-0.2, 0) is 16.1 Å². The molecule has 1 amide bonds. The molecule has 2 N–H and O–H groups in total. The molecule has 1 aromatic heterocycles. The quantitative estimate of drug-likeness (QED) is 0.717. The number of hydrogen-bond donors (Lipinski definition) is 2. The number of aromatic nitrogens is 3. The number of carboxylic acids is 1. The standard InChI is InChI=1S/C12H20N4O3/c1-9(2)5-10(12(18)19)6-14-11(17)3-4-16-8-13-7-15-16/h7-10H,3-6H2,1-2H3,(H,14,17)(H,18,19). The molecule has 7 nitrogen and oxygen atoms in total. The van der Waals surface area contributed by atoms with Crippen molar-refractivity contribution in [2.75, 3.05) is 6.54 Å². The smallest absolute Gasteiger partial charge is 0.308 e. The zero-order chi connectivity index (χ0) is 14.3. The molecule has 0 aliphatic carbocycles. The minimum atomic E-state index is -0.870. The van der Waals surface area contributed by atoms with Gasteiger partial charge in [-0.15, -0.1) is 0 Å². The van der Waals surface area contributed by atoms with Crippen LogP contribution < -0.4 is 5.32 Å². The average Bonchev–Trinajstić information content (AvgIpc) is 2.84. The predicted molar refractivity (Wildman–Crippen MR) is 68.2 cm³/mol. The Kier molecular flexibility index (Phi) is 5.98. The first-order chi connectivity index (χ1) is 8.99. The van der Waals surface area contributed by atoms with Crippen LogP contribution in [0.4, 0.5) is 0 Å². The van der Waals surface area contributed by atoms with Gasteiger partial charge in [-0.1, -0.05) is 13.8 Å². The lowest BCUT2D eigenvalue weighted by molar-refractivity contribution is -0.142. The Bertz CT molecular complexity index is 403. The summed E-state index contributed by atoms with van der Waals surface area (Å²) in [4.78, 5) is 26.4. The van der Waals surface area contributed by atoms with Crippen molar-refractivity contribution in [2.45, 2.75) is 33.2 Å². The van der Waals surface area contributed by atoms with Crippen molar-refractivity contribution < 1.29 is 14.7 Å². The zero-order valence-corrected chi connectivity index (χ0v) is 11.2. The van der Waals surface area contributed by atoms with Crippen molar-refractivity contribution in [3.63, 3.8) is 0 Å². The third kappa shape index (κ3) is 5.98. The highest BCUT2D eigenvalue weighted by atomic mass is 16.4. The molecule has 0 radical (unpaired) electrons. The van der Waals surface area contributed by atoms with Crippen LogP contribution in [0.15, 0.2) is 12.7 Å². The normalized spacial score (nSPS) is 12.4. The Morgan fingerprint density at radius 2 is 2.16 bits per heavy atom. The Hall–Kier alpha value is -1.92. The highest BCUT2D eigenvalue weighted by Crippen LogP contribution is 2.11. The van der Waals surface area contributed by atoms with Crippen molar-refractivity contribution in [3.8, 4) is 0 Å². The van der Waals surface area contributed by atoms with E-state index in [9.17, 15) is 9.59 Å². The summed E-state index contributed by atoms with van der Waals surface area (Å²) in [6.45, 7) is 4.53. The van der Waals surface area contributed by atoms with Gasteiger partial charge in [0.25, 0.3) is 0 Å². The van der Waals surface area contributed by atoms with Crippen molar-refractivity contribution in [2.24, 2.45) is 11.8 Å². The van der Waals surface area contributed by atoms with Crippen LogP contribution >= 0.6 is 0 Å². The molecule has 1 unspecified atom stereocenters. The monoisotopic (exact) mass is 268 g/mol. The van der Waals surface area contributed by atoms with Gasteiger partial charge in [0.15, 0.2) is 0 Å². The van der Waals surface area contributed by atoms with Crippen LogP contribution in [0.2, 0.25) is 0 Å². The molecule has 0 aliphatic rings. The van der Waals surface area contributed by atoms with Gasteiger partial charge in [-0.05, 0) is 12.3 Å². The SMILES string of the molecule is CC(C)CC(CNC(=O)CCn1cncn1)C(=O)O. The first-order valence-corrected chi connectivity index (χ1v) is 6.31. The summed E-state index contributed by atoms with van der Waals surface area (Å²) >= 11 is 0. The molecule has 0 aliphatic heterocycles. The number of nitrogens with one attached hydrogen (secondary N) is 1. The minimum absolute atomic E-state index is 0.170. The van der Waals surface area contributed by atoms with E-state index in [0.717, 1.165) is 0 Å². The predicted octanol–water partition coefficient (Wildman–Crippen LogP) is 0.531. The first-order valence-electron chi connectivity index (χ1n) is 6.31. The summed E-state index contributed by atoms with van der Waals surface area (Å²) in [7, 11) is 0. The molecule has 0 saturated carbocycles. The maximum Gasteiger partial charge on any atom is 0.308 e. The van der Waals surface area contributed by atoms with Gasteiger partial charge < -0.3 is 10.4 Å². The van der Waals surface area contributed by atoms with Crippen molar-refractivity contribution >= 4 is 11.9 Å². The van der Waals surface area contributed by atoms with E-state index in [1.54, 1.807) is 4.68 Å². The summed E-state index contributed by atoms with van der Waals surface area (Å²) < 4.78 is 1.56. The molecule has 19 heavy (non-hydrogen) atoms. The number of rotatable bonds is 8. The van der Waals surface area contributed by atoms with Crippen LogP contribution in [0.5, 0.6) is 0 Å². The largest absolute Gasteiger partial charge is 0.481 e. The lowest BCUT2D eigenvalue weighted by Crippen LogP contribution is -2.34. The number of nitrogens with zero attached hydrogens (tertiary/aromatic N) is 3. The van der Waals surface area contributed by atoms with E-state index in [2.05, 4.69) is 15.4 Å². The molecule has 0 fully saturated rings. The summed E-state index contributed by atoms with van der Waals surface area (Å²) in [5, 5.41) is 15.6. The van der Waals surface area contributed by atoms with E-state index in [-0.39, 0.29) is 24.8 Å². The maximum absolute atomic E-state index is 11.6. The Morgan fingerprint density at radius 3 is 2.68 bits per heavy atom. The molecule has 1 heterocycles. The Labute approximate surface area is 112 Å². The Balaban J connectivity index is 2.29. The molecule has 0 aromatic carbocycles. The van der Waals surface area contributed by atoms with Gasteiger partial charge in [0.2, 0.25) is 5.91 Å². The van der Waals surface area contributed by atoms with Gasteiger partial charge in [0, 0.05) is 13.0 Å². The molecule has 1 aromatic rings. The van der Waals surface area contributed by atoms with E-state index in [0.29, 0.717) is 13.0 Å². The fourth-order valence-electron chi connectivity index (χ4n) is 1.73. The second kappa shape index (κ2) is 7.50. The highest BCUT2D eigenvalue weighted by molar-refractivity contribution is 5.77. The summed E-state index contributed by atoms with van der Waals surface area (Å²) in [5.74, 6) is -1.29. The summed E-state index contributed by atoms with van der Waals surface area (Å²) in [6.07, 6.45) is 3.75. The minimum Gasteiger partial charge on any atom is -0.481 e. The molecular formula is C12H20N4O3. The molecule has 0 bridgehead atoms. The number of carboxylic acid groups (broad SMARTS) is 1. The lowest BCUT2D eigenvalue weighted by Gasteiger charge is -2.15. The van der Waals surface area contributed by atoms with Crippen LogP contribution in [-0.4, -0.2) is 38.3 Å². The highest BCUT2D eigenvalue weighted by Gasteiger charge is 2.19. The van der Waals surface area contributed by atoms with E-state index >= 15 is 0 Å². The fourth-order valence-corrected chi connectivity index (χ4v) is 1.73. The molecule has 1 rings (SSSR count). The van der Waals surface area contributed by atoms with Crippen molar-refractivity contribution in [1.82, 2.24) is 20.1 Å². The van der Waals surface area contributed by atoms with Gasteiger partial charge in [0.05, 0.1) is 12.5 Å². The topological polar surface area (TPSA) is 97.1 Å². The van der Waals surface area contributed by atoms with Gasteiger partial charge in [-0.2, -0.15) is 5.10 Å². The summed E-state index contributed by atoms with van der Waals surface area (Å²) in [5.41, 5.74) is 0. The van der Waals surface area contributed by atoms with Crippen molar-refractivity contribution in [1.29, 1.82) is 0 Å². The van der Waals surface area contributed by atoms with Gasteiger partial charge in [-0.3, -0.25) is 14.3 Å². The molecule has 106 valence electrons. The number of amides is 1. The second-order valence-electron chi connectivity index (χ2n) is 4.88. The third-order valence-corrected chi connectivity index (χ3v) is 2.69. The molecule has 0 saturated heterocycles. The molecule has 0 spiro atoms. The molecular weight excluding hydrogens is 248 g/mol. The number of hydrogen-bond acceptors (Lipinski definition) is 4. The zero-order valence-electron chi connectivity index (χ0n) is 11.2. The van der Waals surface area contributed by atoms with Crippen LogP contribution in [0.1, 0.15) is 26.7 Å². The number of carbonyl (C=O) groups is 2. The fraction of sp³-hybridized carbons (Fsp3) is 0.667. The van der Waals surface area contributed by atoms with E-state index < -0.39 is 11.9 Å². The van der Waals surface area contributed by atoms with Gasteiger partial charge in [0.1, 0.15) is 12.7 Å². The van der Waals surface area contributed by atoms with Crippen LogP contribution in [0, 0.1) is 11.8 Å². The molecule has 7 heteroatoms. The maximum atomic E-state index is 11.6. The Morgan fingerprint density at radius 1 is 1.42 bits per heavy atom. The first kappa shape index (κ1) is 15.1. The van der Waals surface area contributed by atoms with Crippen molar-refractivity contribution in [3.05, 3.63) is 12.7 Å². The third-order valence-electron chi connectivity index (χ3n) is 2.69. The lowest BCUT2D eigenvalue weighted by atomic mass is 9.97. The van der Waals surface area contributed by atoms with Crippen LogP contribution in [0.25, 0.3) is 0 Å². The number of aryl methyl sites for hydroxylation is 1. The number of aliphatic carboxylic acids is 1.